The van der Waals surface area contributed by atoms with Crippen molar-refractivity contribution < 1.29 is 4.79 Å². The number of fused-ring (bicyclic) bond motifs is 1. The third kappa shape index (κ3) is 3.61. The van der Waals surface area contributed by atoms with E-state index in [0.29, 0.717) is 6.54 Å². The molecule has 0 fully saturated rings. The third-order valence-corrected chi connectivity index (χ3v) is 3.05. The van der Waals surface area contributed by atoms with Crippen molar-refractivity contribution >= 4 is 16.8 Å². The Bertz CT molecular complexity index is 608. The Labute approximate surface area is 120 Å². The molecule has 1 amide bonds. The maximum atomic E-state index is 12.0. The van der Waals surface area contributed by atoms with Crippen LogP contribution in [0.25, 0.3) is 10.9 Å². The first-order valence-electron chi connectivity index (χ1n) is 6.92. The van der Waals surface area contributed by atoms with E-state index in [1.54, 1.807) is 0 Å². The summed E-state index contributed by atoms with van der Waals surface area (Å²) in [6.07, 6.45) is 1.97. The van der Waals surface area contributed by atoms with Crippen LogP contribution in [-0.2, 0) is 17.9 Å². The second kappa shape index (κ2) is 5.67. The molecule has 0 aliphatic rings. The number of rotatable bonds is 4. The Hall–Kier alpha value is -1.81. The first-order valence-corrected chi connectivity index (χ1v) is 6.92. The molecule has 20 heavy (non-hydrogen) atoms. The van der Waals surface area contributed by atoms with Gasteiger partial charge in [-0.1, -0.05) is 12.1 Å². The largest absolute Gasteiger partial charge is 0.350 e. The van der Waals surface area contributed by atoms with Crippen molar-refractivity contribution in [1.29, 1.82) is 0 Å². The molecule has 0 saturated carbocycles. The summed E-state index contributed by atoms with van der Waals surface area (Å²) in [4.78, 5) is 12.0. The van der Waals surface area contributed by atoms with Gasteiger partial charge in [-0.15, -0.1) is 0 Å². The van der Waals surface area contributed by atoms with Gasteiger partial charge in [0.2, 0.25) is 5.91 Å². The molecular formula is C16H23N3O. The molecule has 4 nitrogen and oxygen atoms in total. The van der Waals surface area contributed by atoms with Crippen molar-refractivity contribution in [3.8, 4) is 0 Å². The summed E-state index contributed by atoms with van der Waals surface area (Å²) in [6.45, 7) is 7.15. The number of carbonyl (C=O) groups is 1. The monoisotopic (exact) mass is 273 g/mol. The van der Waals surface area contributed by atoms with Crippen LogP contribution in [0.5, 0.6) is 0 Å². The highest BCUT2D eigenvalue weighted by atomic mass is 16.2. The molecule has 0 bridgehead atoms. The highest BCUT2D eigenvalue weighted by Crippen LogP contribution is 2.18. The first-order chi connectivity index (χ1) is 9.39. The molecule has 2 N–H and O–H groups in total. The molecule has 2 aromatic rings. The maximum absolute atomic E-state index is 12.0. The van der Waals surface area contributed by atoms with E-state index in [0.717, 1.165) is 17.4 Å². The summed E-state index contributed by atoms with van der Waals surface area (Å²) in [5.74, 6) is 0.0361. The van der Waals surface area contributed by atoms with Crippen LogP contribution in [0.1, 0.15) is 26.3 Å². The van der Waals surface area contributed by atoms with Gasteiger partial charge in [-0.2, -0.15) is 0 Å². The number of benzene rings is 1. The van der Waals surface area contributed by atoms with Crippen LogP contribution < -0.4 is 10.6 Å². The second-order valence-corrected chi connectivity index (χ2v) is 6.17. The molecular weight excluding hydrogens is 250 g/mol. The summed E-state index contributed by atoms with van der Waals surface area (Å²) in [6, 6.07) is 8.39. The third-order valence-electron chi connectivity index (χ3n) is 3.05. The van der Waals surface area contributed by atoms with Gasteiger partial charge in [0.1, 0.15) is 6.54 Å². The molecule has 0 saturated heterocycles. The van der Waals surface area contributed by atoms with Gasteiger partial charge in [0.05, 0.1) is 0 Å². The highest BCUT2D eigenvalue weighted by molar-refractivity contribution is 5.84. The number of amides is 1. The lowest BCUT2D eigenvalue weighted by molar-refractivity contribution is -0.123. The fourth-order valence-electron chi connectivity index (χ4n) is 2.29. The minimum absolute atomic E-state index is 0.0361. The van der Waals surface area contributed by atoms with E-state index in [9.17, 15) is 4.79 Å². The van der Waals surface area contributed by atoms with Crippen LogP contribution in [0.15, 0.2) is 30.5 Å². The zero-order valence-corrected chi connectivity index (χ0v) is 12.7. The van der Waals surface area contributed by atoms with Crippen molar-refractivity contribution in [3.05, 3.63) is 36.0 Å². The Kier molecular flexibility index (Phi) is 4.14. The van der Waals surface area contributed by atoms with Gasteiger partial charge in [0.15, 0.2) is 0 Å². The van der Waals surface area contributed by atoms with E-state index >= 15 is 0 Å². The summed E-state index contributed by atoms with van der Waals surface area (Å²) < 4.78 is 2.00. The minimum atomic E-state index is -0.197. The van der Waals surface area contributed by atoms with E-state index in [1.807, 2.05) is 44.6 Å². The Morgan fingerprint density at radius 1 is 1.25 bits per heavy atom. The number of carbonyl (C=O) groups excluding carboxylic acids is 1. The normalized spacial score (nSPS) is 11.8. The summed E-state index contributed by atoms with van der Waals surface area (Å²) in [5.41, 5.74) is 2.12. The van der Waals surface area contributed by atoms with Crippen LogP contribution in [0.3, 0.4) is 0 Å². The molecule has 0 spiro atoms. The van der Waals surface area contributed by atoms with Crippen molar-refractivity contribution in [2.24, 2.45) is 0 Å². The summed E-state index contributed by atoms with van der Waals surface area (Å²) in [7, 11) is 1.93. The van der Waals surface area contributed by atoms with E-state index in [-0.39, 0.29) is 11.4 Å². The van der Waals surface area contributed by atoms with Gasteiger partial charge < -0.3 is 15.2 Å². The molecule has 1 aromatic carbocycles. The smallest absolute Gasteiger partial charge is 0.240 e. The Morgan fingerprint density at radius 2 is 2.00 bits per heavy atom. The lowest BCUT2D eigenvalue weighted by atomic mass is 10.1. The summed E-state index contributed by atoms with van der Waals surface area (Å²) >= 11 is 0. The van der Waals surface area contributed by atoms with Crippen LogP contribution in [0, 0.1) is 0 Å². The van der Waals surface area contributed by atoms with Crippen molar-refractivity contribution in [3.63, 3.8) is 0 Å². The maximum Gasteiger partial charge on any atom is 0.240 e. The van der Waals surface area contributed by atoms with Crippen LogP contribution in [0.4, 0.5) is 0 Å². The Morgan fingerprint density at radius 3 is 2.65 bits per heavy atom. The summed E-state index contributed by atoms with van der Waals surface area (Å²) in [5, 5.41) is 7.29. The topological polar surface area (TPSA) is 46.1 Å². The van der Waals surface area contributed by atoms with Crippen LogP contribution in [-0.4, -0.2) is 23.1 Å². The van der Waals surface area contributed by atoms with E-state index < -0.39 is 0 Å². The SMILES string of the molecule is CNCc1ccc2ccn(CC(=O)NC(C)(C)C)c2c1. The van der Waals surface area contributed by atoms with E-state index in [2.05, 4.69) is 28.8 Å². The fourth-order valence-corrected chi connectivity index (χ4v) is 2.29. The van der Waals surface area contributed by atoms with Gasteiger partial charge >= 0.3 is 0 Å². The lowest BCUT2D eigenvalue weighted by Crippen LogP contribution is -2.42. The molecule has 0 atom stereocenters. The number of aromatic nitrogens is 1. The number of hydrogen-bond donors (Lipinski definition) is 2. The number of hydrogen-bond acceptors (Lipinski definition) is 2. The first kappa shape index (κ1) is 14.6. The van der Waals surface area contributed by atoms with Gasteiger partial charge in [-0.3, -0.25) is 4.79 Å². The second-order valence-electron chi connectivity index (χ2n) is 6.17. The molecule has 2 rings (SSSR count). The predicted octanol–water partition coefficient (Wildman–Crippen LogP) is 2.28. The molecule has 0 unspecified atom stereocenters. The van der Waals surface area contributed by atoms with Crippen molar-refractivity contribution in [2.75, 3.05) is 7.05 Å². The lowest BCUT2D eigenvalue weighted by Gasteiger charge is -2.20. The number of nitrogens with zero attached hydrogens (tertiary/aromatic N) is 1. The van der Waals surface area contributed by atoms with Gasteiger partial charge in [0.25, 0.3) is 0 Å². The molecule has 1 heterocycles. The molecule has 0 radical (unpaired) electrons. The molecule has 108 valence electrons. The standard InChI is InChI=1S/C16H23N3O/c1-16(2,3)18-15(20)11-19-8-7-13-6-5-12(10-17-4)9-14(13)19/h5-9,17H,10-11H2,1-4H3,(H,18,20). The molecule has 1 aromatic heterocycles. The highest BCUT2D eigenvalue weighted by Gasteiger charge is 2.14. The fraction of sp³-hybridized carbons (Fsp3) is 0.438. The van der Waals surface area contributed by atoms with Gasteiger partial charge in [0, 0.05) is 23.8 Å². The van der Waals surface area contributed by atoms with Crippen LogP contribution >= 0.6 is 0 Å². The van der Waals surface area contributed by atoms with Gasteiger partial charge in [-0.05, 0) is 50.9 Å². The van der Waals surface area contributed by atoms with Gasteiger partial charge in [-0.25, -0.2) is 0 Å². The molecule has 4 heteroatoms. The van der Waals surface area contributed by atoms with Crippen molar-refractivity contribution in [1.82, 2.24) is 15.2 Å². The zero-order chi connectivity index (χ0) is 14.8. The average molecular weight is 273 g/mol. The average Bonchev–Trinajstić information content (AvgIpc) is 2.70. The van der Waals surface area contributed by atoms with Crippen LogP contribution in [0.2, 0.25) is 0 Å². The van der Waals surface area contributed by atoms with E-state index in [4.69, 9.17) is 0 Å². The minimum Gasteiger partial charge on any atom is -0.350 e. The quantitative estimate of drug-likeness (QED) is 0.897. The van der Waals surface area contributed by atoms with E-state index in [1.165, 1.54) is 5.56 Å². The van der Waals surface area contributed by atoms with Crippen molar-refractivity contribution in [2.45, 2.75) is 39.4 Å². The molecule has 0 aliphatic heterocycles. The predicted molar refractivity (Wildman–Crippen MR) is 82.6 cm³/mol. The Balaban J connectivity index is 2.21. The molecule has 0 aliphatic carbocycles. The number of nitrogens with one attached hydrogen (secondary N) is 2. The zero-order valence-electron chi connectivity index (χ0n) is 12.7.